The summed E-state index contributed by atoms with van der Waals surface area (Å²) in [4.78, 5) is 11.6. The van der Waals surface area contributed by atoms with Gasteiger partial charge in [-0.15, -0.1) is 0 Å². The van der Waals surface area contributed by atoms with Crippen molar-refractivity contribution in [2.75, 3.05) is 39.3 Å². The van der Waals surface area contributed by atoms with E-state index in [2.05, 4.69) is 53.4 Å². The Morgan fingerprint density at radius 1 is 1.33 bits per heavy atom. The van der Waals surface area contributed by atoms with E-state index in [1.54, 1.807) is 0 Å². The third-order valence-corrected chi connectivity index (χ3v) is 4.77. The number of nitrogens with zero attached hydrogens (tertiary/aromatic N) is 3. The van der Waals surface area contributed by atoms with E-state index in [4.69, 9.17) is 9.73 Å². The fourth-order valence-electron chi connectivity index (χ4n) is 3.17. The quantitative estimate of drug-likeness (QED) is 0.513. The van der Waals surface area contributed by atoms with Crippen molar-refractivity contribution in [2.45, 2.75) is 59.1 Å². The molecular weight excluding hydrogens is 338 g/mol. The van der Waals surface area contributed by atoms with Crippen molar-refractivity contribution >= 4 is 5.96 Å². The van der Waals surface area contributed by atoms with E-state index < -0.39 is 0 Å². The lowest BCUT2D eigenvalue weighted by Crippen LogP contribution is -2.49. The van der Waals surface area contributed by atoms with Crippen molar-refractivity contribution < 1.29 is 4.74 Å². The van der Waals surface area contributed by atoms with E-state index in [1.165, 1.54) is 5.56 Å². The van der Waals surface area contributed by atoms with Crippen molar-refractivity contribution in [3.05, 3.63) is 29.6 Å². The molecule has 0 saturated carbocycles. The second-order valence-electron chi connectivity index (χ2n) is 7.50. The fraction of sp³-hybridized carbons (Fsp3) is 0.714. The minimum absolute atomic E-state index is 0.318. The molecule has 1 aromatic rings. The molecule has 1 aliphatic rings. The van der Waals surface area contributed by atoms with Gasteiger partial charge in [-0.25, -0.2) is 0 Å². The van der Waals surface area contributed by atoms with Gasteiger partial charge in [-0.1, -0.05) is 6.07 Å². The molecule has 152 valence electrons. The van der Waals surface area contributed by atoms with Gasteiger partial charge >= 0.3 is 0 Å². The molecule has 1 fully saturated rings. The highest BCUT2D eigenvalue weighted by Crippen LogP contribution is 2.10. The molecule has 27 heavy (non-hydrogen) atoms. The van der Waals surface area contributed by atoms with Gasteiger partial charge < -0.3 is 20.3 Å². The molecule has 0 aliphatic carbocycles. The molecule has 2 rings (SSSR count). The van der Waals surface area contributed by atoms with Gasteiger partial charge in [-0.3, -0.25) is 9.98 Å². The number of ether oxygens (including phenoxy) is 1. The third-order valence-electron chi connectivity index (χ3n) is 4.77. The van der Waals surface area contributed by atoms with E-state index in [0.717, 1.165) is 70.2 Å². The summed E-state index contributed by atoms with van der Waals surface area (Å²) in [6, 6.07) is 4.69. The summed E-state index contributed by atoms with van der Waals surface area (Å²) in [5, 5.41) is 6.99. The van der Waals surface area contributed by atoms with Crippen LogP contribution in [-0.4, -0.2) is 67.3 Å². The Hall–Kier alpha value is -1.66. The summed E-state index contributed by atoms with van der Waals surface area (Å²) >= 11 is 0. The Bertz CT molecular complexity index is 550. The van der Waals surface area contributed by atoms with Crippen molar-refractivity contribution in [1.82, 2.24) is 20.5 Å². The Kier molecular flexibility index (Phi) is 9.56. The number of likely N-dealkylation sites (tertiary alicyclic amines) is 1. The van der Waals surface area contributed by atoms with Crippen molar-refractivity contribution in [3.63, 3.8) is 0 Å². The predicted octanol–water partition coefficient (Wildman–Crippen LogP) is 2.38. The molecule has 0 bridgehead atoms. The second-order valence-corrected chi connectivity index (χ2v) is 7.50. The maximum absolute atomic E-state index is 5.66. The van der Waals surface area contributed by atoms with Gasteiger partial charge in [-0.05, 0) is 58.6 Å². The number of aromatic nitrogens is 1. The number of nitrogens with one attached hydrogen (secondary N) is 2. The molecule has 6 nitrogen and oxygen atoms in total. The average Bonchev–Trinajstić information content (AvgIpc) is 2.64. The summed E-state index contributed by atoms with van der Waals surface area (Å²) in [6.07, 6.45) is 5.48. The van der Waals surface area contributed by atoms with E-state index >= 15 is 0 Å². The molecule has 1 saturated heterocycles. The van der Waals surface area contributed by atoms with Crippen LogP contribution in [0.1, 0.15) is 44.9 Å². The van der Waals surface area contributed by atoms with Crippen LogP contribution < -0.4 is 10.6 Å². The van der Waals surface area contributed by atoms with Crippen LogP contribution in [0.5, 0.6) is 0 Å². The largest absolute Gasteiger partial charge is 0.377 e. The molecule has 1 aliphatic heterocycles. The molecule has 0 unspecified atom stereocenters. The van der Waals surface area contributed by atoms with Gasteiger partial charge in [-0.2, -0.15) is 0 Å². The number of aryl methyl sites for hydroxylation is 1. The maximum Gasteiger partial charge on any atom is 0.191 e. The van der Waals surface area contributed by atoms with Crippen LogP contribution in [-0.2, 0) is 11.2 Å². The fourth-order valence-corrected chi connectivity index (χ4v) is 3.17. The summed E-state index contributed by atoms with van der Waals surface area (Å²) in [5.74, 6) is 0.930. The molecule has 6 heteroatoms. The van der Waals surface area contributed by atoms with E-state index in [1.807, 2.05) is 13.1 Å². The van der Waals surface area contributed by atoms with Gasteiger partial charge in [0.15, 0.2) is 5.96 Å². The highest BCUT2D eigenvalue weighted by molar-refractivity contribution is 5.80. The van der Waals surface area contributed by atoms with Gasteiger partial charge in [0, 0.05) is 50.7 Å². The SMILES string of the molecule is CCNC(=NCCc1ccc(C)nc1)NC1CCN(CCOC(C)C)CC1. The summed E-state index contributed by atoms with van der Waals surface area (Å²) in [7, 11) is 0. The van der Waals surface area contributed by atoms with Crippen molar-refractivity contribution in [2.24, 2.45) is 4.99 Å². The predicted molar refractivity (Wildman–Crippen MR) is 112 cm³/mol. The van der Waals surface area contributed by atoms with Crippen LogP contribution in [0.25, 0.3) is 0 Å². The number of hydrogen-bond donors (Lipinski definition) is 2. The topological polar surface area (TPSA) is 61.8 Å². The standard InChI is InChI=1S/C21H37N5O/c1-5-22-21(23-11-8-19-7-6-18(4)24-16-19)25-20-9-12-26(13-10-20)14-15-27-17(2)3/h6-7,16-17,20H,5,8-15H2,1-4H3,(H2,22,23,25). The van der Waals surface area contributed by atoms with Gasteiger partial charge in [0.25, 0.3) is 0 Å². The van der Waals surface area contributed by atoms with Crippen molar-refractivity contribution in [1.29, 1.82) is 0 Å². The van der Waals surface area contributed by atoms with Crippen LogP contribution in [0.4, 0.5) is 0 Å². The van der Waals surface area contributed by atoms with Crippen LogP contribution in [0.2, 0.25) is 0 Å². The number of hydrogen-bond acceptors (Lipinski definition) is 4. The zero-order valence-corrected chi connectivity index (χ0v) is 17.5. The monoisotopic (exact) mass is 375 g/mol. The first-order chi connectivity index (χ1) is 13.1. The lowest BCUT2D eigenvalue weighted by molar-refractivity contribution is 0.0532. The normalized spacial score (nSPS) is 16.7. The first-order valence-electron chi connectivity index (χ1n) is 10.4. The Labute approximate surface area is 164 Å². The Balaban J connectivity index is 1.72. The lowest BCUT2D eigenvalue weighted by atomic mass is 10.1. The third kappa shape index (κ3) is 8.71. The average molecular weight is 376 g/mol. The molecule has 0 amide bonds. The molecule has 2 N–H and O–H groups in total. The van der Waals surface area contributed by atoms with E-state index in [-0.39, 0.29) is 0 Å². The molecule has 0 spiro atoms. The van der Waals surface area contributed by atoms with Gasteiger partial charge in [0.2, 0.25) is 0 Å². The molecule has 2 heterocycles. The van der Waals surface area contributed by atoms with Crippen LogP contribution >= 0.6 is 0 Å². The molecule has 0 radical (unpaired) electrons. The van der Waals surface area contributed by atoms with Gasteiger partial charge in [0.1, 0.15) is 0 Å². The first kappa shape index (κ1) is 21.6. The zero-order chi connectivity index (χ0) is 19.5. The maximum atomic E-state index is 5.66. The summed E-state index contributed by atoms with van der Waals surface area (Å²) in [6.45, 7) is 14.0. The van der Waals surface area contributed by atoms with Crippen molar-refractivity contribution in [3.8, 4) is 0 Å². The number of piperidine rings is 1. The van der Waals surface area contributed by atoms with Crippen LogP contribution in [0.15, 0.2) is 23.3 Å². The minimum Gasteiger partial charge on any atom is -0.377 e. The smallest absolute Gasteiger partial charge is 0.191 e. The van der Waals surface area contributed by atoms with E-state index in [0.29, 0.717) is 12.1 Å². The van der Waals surface area contributed by atoms with Crippen LogP contribution in [0, 0.1) is 6.92 Å². The zero-order valence-electron chi connectivity index (χ0n) is 17.5. The minimum atomic E-state index is 0.318. The number of aliphatic imine (C=N–C) groups is 1. The molecular formula is C21H37N5O. The summed E-state index contributed by atoms with van der Waals surface area (Å²) < 4.78 is 5.66. The first-order valence-corrected chi connectivity index (χ1v) is 10.4. The number of pyridine rings is 1. The molecule has 0 atom stereocenters. The van der Waals surface area contributed by atoms with Gasteiger partial charge in [0.05, 0.1) is 12.7 Å². The highest BCUT2D eigenvalue weighted by atomic mass is 16.5. The van der Waals surface area contributed by atoms with E-state index in [9.17, 15) is 0 Å². The summed E-state index contributed by atoms with van der Waals surface area (Å²) in [5.41, 5.74) is 2.29. The Morgan fingerprint density at radius 2 is 2.11 bits per heavy atom. The second kappa shape index (κ2) is 11.9. The Morgan fingerprint density at radius 3 is 2.74 bits per heavy atom. The number of rotatable bonds is 9. The molecule has 1 aromatic heterocycles. The lowest BCUT2D eigenvalue weighted by Gasteiger charge is -2.33. The number of guanidine groups is 1. The highest BCUT2D eigenvalue weighted by Gasteiger charge is 2.19. The van der Waals surface area contributed by atoms with Crippen LogP contribution in [0.3, 0.4) is 0 Å². The molecule has 0 aromatic carbocycles.